The van der Waals surface area contributed by atoms with Crippen molar-refractivity contribution in [1.29, 1.82) is 0 Å². The highest BCUT2D eigenvalue weighted by molar-refractivity contribution is 5.86. The first-order valence-corrected chi connectivity index (χ1v) is 7.92. The van der Waals surface area contributed by atoms with Crippen molar-refractivity contribution >= 4 is 23.2 Å². The molecule has 21 heavy (non-hydrogen) atoms. The lowest BCUT2D eigenvalue weighted by Gasteiger charge is -2.37. The number of fused-ring (bicyclic) bond motifs is 1. The smallest absolute Gasteiger partial charge is 0.0218 e. The third kappa shape index (κ3) is 3.59. The van der Waals surface area contributed by atoms with Gasteiger partial charge in [0.05, 0.1) is 0 Å². The number of hydrogen-bond donors (Lipinski definition) is 1. The second-order valence-electron chi connectivity index (χ2n) is 5.85. The Morgan fingerprint density at radius 2 is 1.57 bits per heavy atom. The van der Waals surface area contributed by atoms with Crippen LogP contribution in [-0.2, 0) is 0 Å². The Morgan fingerprint density at radius 3 is 2.19 bits per heavy atom. The normalized spacial score (nSPS) is 13.0. The highest BCUT2D eigenvalue weighted by Crippen LogP contribution is 2.38. The fourth-order valence-electron chi connectivity index (χ4n) is 3.34. The summed E-state index contributed by atoms with van der Waals surface area (Å²) in [4.78, 5) is 0. The summed E-state index contributed by atoms with van der Waals surface area (Å²) in [6, 6.07) is 15.3. The van der Waals surface area contributed by atoms with Crippen LogP contribution in [0.5, 0.6) is 0 Å². The highest BCUT2D eigenvalue weighted by Gasteiger charge is 2.32. The van der Waals surface area contributed by atoms with Crippen LogP contribution in [0.1, 0.15) is 57.9 Å². The van der Waals surface area contributed by atoms with Gasteiger partial charge in [-0.2, -0.15) is 0 Å². The van der Waals surface area contributed by atoms with Gasteiger partial charge in [0, 0.05) is 11.5 Å². The molecule has 2 rings (SSSR count). The van der Waals surface area contributed by atoms with Gasteiger partial charge < -0.3 is 5.73 Å². The van der Waals surface area contributed by atoms with Gasteiger partial charge in [-0.15, -0.1) is 12.4 Å². The van der Waals surface area contributed by atoms with Gasteiger partial charge in [-0.3, -0.25) is 0 Å². The third-order valence-corrected chi connectivity index (χ3v) is 4.79. The number of benzene rings is 2. The first-order chi connectivity index (χ1) is 9.66. The molecule has 0 aliphatic carbocycles. The largest absolute Gasteiger partial charge is 0.325 e. The minimum absolute atomic E-state index is 0. The van der Waals surface area contributed by atoms with Crippen LogP contribution in [0.15, 0.2) is 42.5 Å². The maximum atomic E-state index is 6.75. The Labute approximate surface area is 135 Å². The van der Waals surface area contributed by atoms with E-state index < -0.39 is 0 Å². The molecular weight excluding hydrogens is 278 g/mol. The molecule has 0 heterocycles. The molecule has 0 bridgehead atoms. The molecule has 0 spiro atoms. The molecule has 1 atom stereocenters. The summed E-state index contributed by atoms with van der Waals surface area (Å²) in [5, 5.41) is 2.69. The van der Waals surface area contributed by atoms with Crippen molar-refractivity contribution in [2.45, 2.75) is 57.9 Å². The second kappa shape index (κ2) is 7.82. The van der Waals surface area contributed by atoms with Crippen LogP contribution in [-0.4, -0.2) is 5.54 Å². The van der Waals surface area contributed by atoms with E-state index in [0.29, 0.717) is 5.92 Å². The molecule has 1 unspecified atom stereocenters. The predicted octanol–water partition coefficient (Wildman–Crippen LogP) is 5.66. The first-order valence-electron chi connectivity index (χ1n) is 7.92. The summed E-state index contributed by atoms with van der Waals surface area (Å²) in [5.74, 6) is 0.439. The van der Waals surface area contributed by atoms with Gasteiger partial charge in [0.15, 0.2) is 0 Å². The Balaban J connectivity index is 0.00000220. The van der Waals surface area contributed by atoms with Crippen LogP contribution >= 0.6 is 12.4 Å². The van der Waals surface area contributed by atoms with Crippen molar-refractivity contribution in [3.05, 3.63) is 48.0 Å². The molecule has 0 saturated heterocycles. The summed E-state index contributed by atoms with van der Waals surface area (Å²) in [6.07, 6.45) is 4.38. The van der Waals surface area contributed by atoms with Gasteiger partial charge in [-0.1, -0.05) is 69.7 Å². The Kier molecular flexibility index (Phi) is 6.70. The average molecular weight is 306 g/mol. The summed E-state index contributed by atoms with van der Waals surface area (Å²) in [5.41, 5.74) is 8.08. The zero-order chi connectivity index (χ0) is 14.6. The van der Waals surface area contributed by atoms with Gasteiger partial charge >= 0.3 is 0 Å². The number of hydrogen-bond acceptors (Lipinski definition) is 1. The van der Waals surface area contributed by atoms with E-state index >= 15 is 0 Å². The third-order valence-electron chi connectivity index (χ3n) is 4.79. The summed E-state index contributed by atoms with van der Waals surface area (Å²) < 4.78 is 0. The minimum Gasteiger partial charge on any atom is -0.325 e. The zero-order valence-corrected chi connectivity index (χ0v) is 14.2. The van der Waals surface area contributed by atoms with E-state index in [1.165, 1.54) is 22.8 Å². The maximum absolute atomic E-state index is 6.75. The number of halogens is 1. The predicted molar refractivity (Wildman–Crippen MR) is 96.3 cm³/mol. The van der Waals surface area contributed by atoms with Crippen molar-refractivity contribution in [1.82, 2.24) is 0 Å². The molecule has 0 saturated carbocycles. The zero-order valence-electron chi connectivity index (χ0n) is 13.4. The van der Waals surface area contributed by atoms with E-state index in [9.17, 15) is 0 Å². The van der Waals surface area contributed by atoms with Gasteiger partial charge in [0.1, 0.15) is 0 Å². The number of nitrogens with two attached hydrogens (primary N) is 1. The van der Waals surface area contributed by atoms with Crippen molar-refractivity contribution < 1.29 is 0 Å². The van der Waals surface area contributed by atoms with Gasteiger partial charge in [-0.25, -0.2) is 0 Å². The molecule has 116 valence electrons. The SMILES string of the molecule is CCCC(c1cccc2ccccc12)C(N)(CC)CC.Cl. The van der Waals surface area contributed by atoms with Crippen molar-refractivity contribution in [2.75, 3.05) is 0 Å². The summed E-state index contributed by atoms with van der Waals surface area (Å²) in [7, 11) is 0. The fourth-order valence-corrected chi connectivity index (χ4v) is 3.34. The lowest BCUT2D eigenvalue weighted by Crippen LogP contribution is -2.44. The summed E-state index contributed by atoms with van der Waals surface area (Å²) in [6.45, 7) is 6.69. The van der Waals surface area contributed by atoms with E-state index in [-0.39, 0.29) is 17.9 Å². The van der Waals surface area contributed by atoms with E-state index in [0.717, 1.165) is 19.3 Å². The van der Waals surface area contributed by atoms with Crippen LogP contribution in [0.4, 0.5) is 0 Å². The lowest BCUT2D eigenvalue weighted by molar-refractivity contribution is 0.306. The molecule has 2 aromatic rings. The Morgan fingerprint density at radius 1 is 0.952 bits per heavy atom. The highest BCUT2D eigenvalue weighted by atomic mass is 35.5. The molecule has 2 N–H and O–H groups in total. The molecule has 0 aromatic heterocycles. The van der Waals surface area contributed by atoms with Crippen LogP contribution in [0, 0.1) is 0 Å². The van der Waals surface area contributed by atoms with E-state index in [2.05, 4.69) is 63.2 Å². The molecule has 2 heteroatoms. The fraction of sp³-hybridized carbons (Fsp3) is 0.474. The van der Waals surface area contributed by atoms with E-state index in [1.807, 2.05) is 0 Å². The van der Waals surface area contributed by atoms with Crippen LogP contribution in [0.2, 0.25) is 0 Å². The Bertz CT molecular complexity index is 555. The molecule has 0 radical (unpaired) electrons. The number of rotatable bonds is 6. The average Bonchev–Trinajstić information content (AvgIpc) is 2.51. The van der Waals surface area contributed by atoms with E-state index in [1.54, 1.807) is 0 Å². The van der Waals surface area contributed by atoms with Crippen LogP contribution < -0.4 is 5.73 Å². The van der Waals surface area contributed by atoms with Crippen molar-refractivity contribution in [3.63, 3.8) is 0 Å². The minimum atomic E-state index is -0.0971. The second-order valence-corrected chi connectivity index (χ2v) is 5.85. The van der Waals surface area contributed by atoms with Crippen molar-refractivity contribution in [2.24, 2.45) is 5.73 Å². The lowest BCUT2D eigenvalue weighted by atomic mass is 9.73. The van der Waals surface area contributed by atoms with Gasteiger partial charge in [0.25, 0.3) is 0 Å². The van der Waals surface area contributed by atoms with Crippen molar-refractivity contribution in [3.8, 4) is 0 Å². The molecule has 0 aliphatic rings. The van der Waals surface area contributed by atoms with Gasteiger partial charge in [-0.05, 0) is 35.6 Å². The molecule has 0 aliphatic heterocycles. The van der Waals surface area contributed by atoms with Gasteiger partial charge in [0.2, 0.25) is 0 Å². The monoisotopic (exact) mass is 305 g/mol. The molecule has 1 nitrogen and oxygen atoms in total. The molecular formula is C19H28ClN. The first kappa shape index (κ1) is 18.0. The standard InChI is InChI=1S/C19H27N.ClH/c1-4-10-18(19(20,5-2)6-3)17-14-9-12-15-11-7-8-13-16(15)17;/h7-9,11-14,18H,4-6,10,20H2,1-3H3;1H. The molecule has 2 aromatic carbocycles. The van der Waals surface area contributed by atoms with Crippen LogP contribution in [0.25, 0.3) is 10.8 Å². The summed E-state index contributed by atoms with van der Waals surface area (Å²) >= 11 is 0. The molecule has 0 fully saturated rings. The topological polar surface area (TPSA) is 26.0 Å². The van der Waals surface area contributed by atoms with E-state index in [4.69, 9.17) is 5.73 Å². The molecule has 0 amide bonds. The quantitative estimate of drug-likeness (QED) is 0.732. The van der Waals surface area contributed by atoms with Crippen LogP contribution in [0.3, 0.4) is 0 Å². The Hall–Kier alpha value is -1.05. The maximum Gasteiger partial charge on any atom is 0.0218 e.